The Morgan fingerprint density at radius 2 is 1.96 bits per heavy atom. The molecule has 0 saturated carbocycles. The van der Waals surface area contributed by atoms with E-state index in [1.54, 1.807) is 25.4 Å². The van der Waals surface area contributed by atoms with Gasteiger partial charge in [0, 0.05) is 29.0 Å². The van der Waals surface area contributed by atoms with Crippen LogP contribution in [0.4, 0.5) is 5.69 Å². The van der Waals surface area contributed by atoms with Gasteiger partial charge in [-0.3, -0.25) is 9.59 Å². The van der Waals surface area contributed by atoms with Crippen molar-refractivity contribution in [3.05, 3.63) is 51.8 Å². The third-order valence-corrected chi connectivity index (χ3v) is 4.29. The zero-order valence-electron chi connectivity index (χ0n) is 13.6. The Morgan fingerprint density at radius 1 is 1.25 bits per heavy atom. The summed E-state index contributed by atoms with van der Waals surface area (Å²) < 4.78 is 7.43. The van der Waals surface area contributed by atoms with Crippen molar-refractivity contribution in [3.63, 3.8) is 0 Å². The van der Waals surface area contributed by atoms with E-state index >= 15 is 0 Å². The number of aryl methyl sites for hydroxylation is 2. The molecule has 0 unspecified atom stereocenters. The van der Waals surface area contributed by atoms with Crippen molar-refractivity contribution in [2.24, 2.45) is 7.05 Å². The van der Waals surface area contributed by atoms with Crippen LogP contribution in [0.3, 0.4) is 0 Å². The fraction of sp³-hybridized carbons (Fsp3) is 0.235. The van der Waals surface area contributed by atoms with E-state index in [4.69, 9.17) is 4.74 Å². The molecule has 0 aliphatic carbocycles. The molecule has 1 aromatic heterocycles. The normalized spacial score (nSPS) is 10.3. The number of Topliss-reactive ketones (excluding diaryl/α,β-unsaturated/α-hetero) is 1. The number of halogens is 1. The van der Waals surface area contributed by atoms with Gasteiger partial charge in [-0.2, -0.15) is 0 Å². The average Bonchev–Trinajstić information content (AvgIpc) is 2.91. The van der Waals surface area contributed by atoms with Crippen molar-refractivity contribution < 1.29 is 19.1 Å². The first-order chi connectivity index (χ1) is 11.3. The summed E-state index contributed by atoms with van der Waals surface area (Å²) in [4.78, 5) is 35.2. The van der Waals surface area contributed by atoms with Crippen LogP contribution in [0.1, 0.15) is 33.3 Å². The molecule has 7 heteroatoms. The molecule has 1 amide bonds. The Morgan fingerprint density at radius 3 is 2.54 bits per heavy atom. The summed E-state index contributed by atoms with van der Waals surface area (Å²) in [6.45, 7) is 2.91. The van der Waals surface area contributed by atoms with Crippen molar-refractivity contribution in [1.29, 1.82) is 0 Å². The highest BCUT2D eigenvalue weighted by atomic mass is 79.9. The minimum absolute atomic E-state index is 0.145. The molecule has 24 heavy (non-hydrogen) atoms. The van der Waals surface area contributed by atoms with Crippen LogP contribution in [0.25, 0.3) is 0 Å². The summed E-state index contributed by atoms with van der Waals surface area (Å²) in [5, 5.41) is 2.66. The van der Waals surface area contributed by atoms with Crippen molar-refractivity contribution in [2.45, 2.75) is 13.8 Å². The molecule has 126 valence electrons. The first-order valence-corrected chi connectivity index (χ1v) is 7.97. The maximum absolute atomic E-state index is 12.0. The number of ketones is 1. The summed E-state index contributed by atoms with van der Waals surface area (Å²) in [5.41, 5.74) is 2.23. The van der Waals surface area contributed by atoms with E-state index in [-0.39, 0.29) is 11.5 Å². The lowest BCUT2D eigenvalue weighted by atomic mass is 10.2. The molecular weight excluding hydrogens is 376 g/mol. The van der Waals surface area contributed by atoms with Gasteiger partial charge >= 0.3 is 5.97 Å². The molecule has 0 aliphatic heterocycles. The number of rotatable bonds is 5. The monoisotopic (exact) mass is 392 g/mol. The highest BCUT2D eigenvalue weighted by molar-refractivity contribution is 9.10. The Hall–Kier alpha value is -2.41. The average molecular weight is 393 g/mol. The topological polar surface area (TPSA) is 77.4 Å². The van der Waals surface area contributed by atoms with Gasteiger partial charge in [0.15, 0.2) is 12.4 Å². The largest absolute Gasteiger partial charge is 0.451 e. The zero-order valence-corrected chi connectivity index (χ0v) is 15.1. The van der Waals surface area contributed by atoms with Crippen LogP contribution in [0, 0.1) is 6.92 Å². The van der Waals surface area contributed by atoms with Crippen molar-refractivity contribution in [1.82, 2.24) is 4.57 Å². The maximum Gasteiger partial charge on any atom is 0.355 e. The molecule has 0 fully saturated rings. The number of amides is 1. The van der Waals surface area contributed by atoms with Crippen molar-refractivity contribution >= 4 is 39.3 Å². The van der Waals surface area contributed by atoms with Gasteiger partial charge in [-0.15, -0.1) is 0 Å². The Kier molecular flexibility index (Phi) is 5.56. The van der Waals surface area contributed by atoms with Gasteiger partial charge in [-0.05, 0) is 43.7 Å². The van der Waals surface area contributed by atoms with E-state index < -0.39 is 18.5 Å². The molecule has 2 aromatic rings. The van der Waals surface area contributed by atoms with E-state index in [0.717, 1.165) is 10.0 Å². The van der Waals surface area contributed by atoms with Crippen LogP contribution in [-0.4, -0.2) is 28.8 Å². The summed E-state index contributed by atoms with van der Waals surface area (Å²) in [6.07, 6.45) is 1.55. The molecule has 0 atom stereocenters. The molecule has 1 aromatic carbocycles. The number of nitrogens with zero attached hydrogens (tertiary/aromatic N) is 1. The number of ether oxygens (including phenoxy) is 1. The van der Waals surface area contributed by atoms with E-state index in [1.807, 2.05) is 13.0 Å². The second-order valence-corrected chi connectivity index (χ2v) is 6.22. The Balaban J connectivity index is 1.94. The molecule has 0 saturated heterocycles. The van der Waals surface area contributed by atoms with Crippen molar-refractivity contribution in [2.75, 3.05) is 11.9 Å². The van der Waals surface area contributed by atoms with Gasteiger partial charge in [0.2, 0.25) is 0 Å². The predicted octanol–water partition coefficient (Wildman–Crippen LogP) is 3.09. The van der Waals surface area contributed by atoms with Crippen molar-refractivity contribution in [3.8, 4) is 0 Å². The summed E-state index contributed by atoms with van der Waals surface area (Å²) in [6, 6.07) is 6.82. The molecule has 0 bridgehead atoms. The second-order valence-electron chi connectivity index (χ2n) is 5.37. The SMILES string of the molecule is CC(=O)c1cc(C(=O)OCC(=O)Nc2ccc(Br)c(C)c2)n(C)c1. The molecule has 0 aliphatic rings. The van der Waals surface area contributed by atoms with Gasteiger partial charge < -0.3 is 14.6 Å². The molecule has 2 rings (SSSR count). The third kappa shape index (κ3) is 4.32. The summed E-state index contributed by atoms with van der Waals surface area (Å²) >= 11 is 3.38. The fourth-order valence-corrected chi connectivity index (χ4v) is 2.33. The lowest BCUT2D eigenvalue weighted by Crippen LogP contribution is -2.21. The van der Waals surface area contributed by atoms with Crippen LogP contribution in [0.5, 0.6) is 0 Å². The highest BCUT2D eigenvalue weighted by Crippen LogP contribution is 2.20. The number of aromatic nitrogens is 1. The summed E-state index contributed by atoms with van der Waals surface area (Å²) in [7, 11) is 1.63. The standard InChI is InChI=1S/C17H17BrN2O4/c1-10-6-13(4-5-14(10)18)19-16(22)9-24-17(23)15-7-12(11(2)21)8-20(15)3/h4-8H,9H2,1-3H3,(H,19,22). The molecule has 0 spiro atoms. The van der Waals surface area contributed by atoms with Crippen LogP contribution in [0.15, 0.2) is 34.9 Å². The Labute approximate surface area is 147 Å². The van der Waals surface area contributed by atoms with E-state index in [9.17, 15) is 14.4 Å². The van der Waals surface area contributed by atoms with Gasteiger partial charge in [0.05, 0.1) is 0 Å². The Bertz CT molecular complexity index is 811. The fourth-order valence-electron chi connectivity index (χ4n) is 2.08. The number of hydrogen-bond acceptors (Lipinski definition) is 4. The summed E-state index contributed by atoms with van der Waals surface area (Å²) in [5.74, 6) is -1.24. The number of nitrogens with one attached hydrogen (secondary N) is 1. The lowest BCUT2D eigenvalue weighted by Gasteiger charge is -2.08. The second kappa shape index (κ2) is 7.44. The first kappa shape index (κ1) is 17.9. The number of carbonyl (C=O) groups is 3. The van der Waals surface area contributed by atoms with Crippen LogP contribution < -0.4 is 5.32 Å². The number of hydrogen-bond donors (Lipinski definition) is 1. The smallest absolute Gasteiger partial charge is 0.355 e. The minimum atomic E-state index is -0.660. The zero-order chi connectivity index (χ0) is 17.9. The number of benzene rings is 1. The quantitative estimate of drug-likeness (QED) is 0.626. The molecule has 6 nitrogen and oxygen atoms in total. The number of carbonyl (C=O) groups excluding carboxylic acids is 3. The van der Waals surface area contributed by atoms with Crippen LogP contribution in [-0.2, 0) is 16.6 Å². The van der Waals surface area contributed by atoms with Gasteiger partial charge in [-0.1, -0.05) is 15.9 Å². The van der Waals surface area contributed by atoms with E-state index in [0.29, 0.717) is 11.3 Å². The molecule has 0 radical (unpaired) electrons. The van der Waals surface area contributed by atoms with E-state index in [1.165, 1.54) is 17.6 Å². The van der Waals surface area contributed by atoms with Gasteiger partial charge in [0.25, 0.3) is 5.91 Å². The van der Waals surface area contributed by atoms with Gasteiger partial charge in [-0.25, -0.2) is 4.79 Å². The molecule has 1 heterocycles. The van der Waals surface area contributed by atoms with Gasteiger partial charge in [0.1, 0.15) is 5.69 Å². The number of esters is 1. The highest BCUT2D eigenvalue weighted by Gasteiger charge is 2.16. The molecule has 1 N–H and O–H groups in total. The maximum atomic E-state index is 12.0. The predicted molar refractivity (Wildman–Crippen MR) is 93.2 cm³/mol. The number of anilines is 1. The van der Waals surface area contributed by atoms with Crippen LogP contribution in [0.2, 0.25) is 0 Å². The lowest BCUT2D eigenvalue weighted by molar-refractivity contribution is -0.119. The molecular formula is C17H17BrN2O4. The third-order valence-electron chi connectivity index (χ3n) is 3.40. The van der Waals surface area contributed by atoms with Crippen LogP contribution >= 0.6 is 15.9 Å². The minimum Gasteiger partial charge on any atom is -0.451 e. The first-order valence-electron chi connectivity index (χ1n) is 7.18. The van der Waals surface area contributed by atoms with E-state index in [2.05, 4.69) is 21.2 Å².